The number of nitrogens with zero attached hydrogens (tertiary/aromatic N) is 5. The SMILES string of the molecule is O=C(c1cn(C2CCNCC2)nn1)N1CCC(N2CCCCC2)C1. The minimum absolute atomic E-state index is 0.0506. The number of nitrogens with one attached hydrogen (secondary N) is 1. The average Bonchev–Trinajstić information content (AvgIpc) is 3.33. The molecule has 3 saturated heterocycles. The second kappa shape index (κ2) is 7.19. The number of piperidine rings is 2. The van der Waals surface area contributed by atoms with Crippen LogP contribution in [0.2, 0.25) is 0 Å². The summed E-state index contributed by atoms with van der Waals surface area (Å²) in [5.41, 5.74) is 0.507. The van der Waals surface area contributed by atoms with E-state index in [4.69, 9.17) is 0 Å². The number of hydrogen-bond acceptors (Lipinski definition) is 5. The van der Waals surface area contributed by atoms with Gasteiger partial charge < -0.3 is 10.2 Å². The third-order valence-corrected chi connectivity index (χ3v) is 5.77. The van der Waals surface area contributed by atoms with Crippen LogP contribution in [-0.4, -0.2) is 76.0 Å². The van der Waals surface area contributed by atoms with Crippen molar-refractivity contribution in [1.29, 1.82) is 0 Å². The van der Waals surface area contributed by atoms with Crippen LogP contribution in [0.25, 0.3) is 0 Å². The van der Waals surface area contributed by atoms with Crippen molar-refractivity contribution in [1.82, 2.24) is 30.1 Å². The molecular formula is C17H28N6O. The zero-order valence-corrected chi connectivity index (χ0v) is 14.4. The van der Waals surface area contributed by atoms with E-state index in [1.54, 1.807) is 0 Å². The summed E-state index contributed by atoms with van der Waals surface area (Å²) in [5.74, 6) is 0.0506. The highest BCUT2D eigenvalue weighted by molar-refractivity contribution is 5.92. The van der Waals surface area contributed by atoms with E-state index in [0.29, 0.717) is 17.8 Å². The third kappa shape index (κ3) is 3.32. The van der Waals surface area contributed by atoms with Gasteiger partial charge in [0.1, 0.15) is 0 Å². The van der Waals surface area contributed by atoms with E-state index in [1.165, 1.54) is 32.4 Å². The fourth-order valence-electron chi connectivity index (χ4n) is 4.29. The lowest BCUT2D eigenvalue weighted by atomic mass is 10.1. The first-order valence-electron chi connectivity index (χ1n) is 9.47. The number of aromatic nitrogens is 3. The molecular weight excluding hydrogens is 304 g/mol. The summed E-state index contributed by atoms with van der Waals surface area (Å²) in [6.07, 6.45) is 9.01. The van der Waals surface area contributed by atoms with E-state index < -0.39 is 0 Å². The van der Waals surface area contributed by atoms with E-state index in [9.17, 15) is 4.79 Å². The van der Waals surface area contributed by atoms with Gasteiger partial charge >= 0.3 is 0 Å². The lowest BCUT2D eigenvalue weighted by molar-refractivity contribution is 0.0765. The van der Waals surface area contributed by atoms with Crippen molar-refractivity contribution < 1.29 is 4.79 Å². The number of hydrogen-bond donors (Lipinski definition) is 1. The first-order valence-corrected chi connectivity index (χ1v) is 9.47. The number of amides is 1. The largest absolute Gasteiger partial charge is 0.336 e. The van der Waals surface area contributed by atoms with Crippen LogP contribution in [0.1, 0.15) is 55.1 Å². The summed E-state index contributed by atoms with van der Waals surface area (Å²) in [5, 5.41) is 11.7. The molecule has 4 rings (SSSR count). The van der Waals surface area contributed by atoms with Crippen molar-refractivity contribution in [3.63, 3.8) is 0 Å². The van der Waals surface area contributed by atoms with Crippen LogP contribution >= 0.6 is 0 Å². The molecule has 0 aliphatic carbocycles. The molecule has 1 unspecified atom stereocenters. The summed E-state index contributed by atoms with van der Waals surface area (Å²) >= 11 is 0. The first kappa shape index (κ1) is 16.0. The monoisotopic (exact) mass is 332 g/mol. The maximum Gasteiger partial charge on any atom is 0.276 e. The van der Waals surface area contributed by atoms with Gasteiger partial charge in [0.2, 0.25) is 0 Å². The molecule has 0 spiro atoms. The molecule has 3 fully saturated rings. The van der Waals surface area contributed by atoms with Crippen molar-refractivity contribution in [2.45, 2.75) is 50.6 Å². The standard InChI is InChI=1S/C17H28N6O/c24-17(16-13-23(20-19-16)14-4-7-18-8-5-14)22-11-6-15(12-22)21-9-2-1-3-10-21/h13-15,18H,1-12H2. The molecule has 3 aliphatic heterocycles. The Kier molecular flexibility index (Phi) is 4.80. The highest BCUT2D eigenvalue weighted by atomic mass is 16.2. The van der Waals surface area contributed by atoms with Crippen LogP contribution in [0.5, 0.6) is 0 Å². The molecule has 1 N–H and O–H groups in total. The highest BCUT2D eigenvalue weighted by Crippen LogP contribution is 2.22. The lowest BCUT2D eigenvalue weighted by Crippen LogP contribution is -2.41. The molecule has 4 heterocycles. The van der Waals surface area contributed by atoms with Crippen molar-refractivity contribution in [2.75, 3.05) is 39.3 Å². The molecule has 24 heavy (non-hydrogen) atoms. The van der Waals surface area contributed by atoms with Gasteiger partial charge in [-0.2, -0.15) is 0 Å². The zero-order valence-electron chi connectivity index (χ0n) is 14.4. The van der Waals surface area contributed by atoms with Crippen LogP contribution < -0.4 is 5.32 Å². The Balaban J connectivity index is 1.36. The predicted octanol–water partition coefficient (Wildman–Crippen LogP) is 0.903. The first-order chi connectivity index (χ1) is 11.8. The van der Waals surface area contributed by atoms with Crippen LogP contribution in [0.15, 0.2) is 6.20 Å². The molecule has 1 aromatic heterocycles. The van der Waals surface area contributed by atoms with Crippen LogP contribution in [0, 0.1) is 0 Å². The summed E-state index contributed by atoms with van der Waals surface area (Å²) in [7, 11) is 0. The fraction of sp³-hybridized carbons (Fsp3) is 0.824. The second-order valence-electron chi connectivity index (χ2n) is 7.36. The number of carbonyl (C=O) groups is 1. The highest BCUT2D eigenvalue weighted by Gasteiger charge is 2.32. The van der Waals surface area contributed by atoms with Gasteiger partial charge in [0.05, 0.1) is 12.2 Å². The van der Waals surface area contributed by atoms with Crippen molar-refractivity contribution in [3.8, 4) is 0 Å². The molecule has 1 aromatic rings. The summed E-state index contributed by atoms with van der Waals surface area (Å²) < 4.78 is 1.90. The van der Waals surface area contributed by atoms with Gasteiger partial charge in [0.25, 0.3) is 5.91 Å². The van der Waals surface area contributed by atoms with Gasteiger partial charge in [-0.05, 0) is 58.3 Å². The van der Waals surface area contributed by atoms with E-state index >= 15 is 0 Å². The number of rotatable bonds is 3. The van der Waals surface area contributed by atoms with Crippen LogP contribution in [-0.2, 0) is 0 Å². The van der Waals surface area contributed by atoms with Gasteiger partial charge in [-0.3, -0.25) is 9.69 Å². The van der Waals surface area contributed by atoms with Gasteiger partial charge in [-0.25, -0.2) is 4.68 Å². The van der Waals surface area contributed by atoms with Gasteiger partial charge in [0.15, 0.2) is 5.69 Å². The average molecular weight is 332 g/mol. The van der Waals surface area contributed by atoms with E-state index in [0.717, 1.165) is 45.4 Å². The molecule has 0 bridgehead atoms. The Hall–Kier alpha value is -1.47. The molecule has 1 atom stereocenters. The molecule has 0 aromatic carbocycles. The summed E-state index contributed by atoms with van der Waals surface area (Å²) in [4.78, 5) is 17.3. The van der Waals surface area contributed by atoms with E-state index in [1.807, 2.05) is 15.8 Å². The van der Waals surface area contributed by atoms with E-state index in [2.05, 4.69) is 20.5 Å². The van der Waals surface area contributed by atoms with Crippen molar-refractivity contribution in [3.05, 3.63) is 11.9 Å². The molecule has 1 amide bonds. The Morgan fingerprint density at radius 1 is 1.04 bits per heavy atom. The minimum Gasteiger partial charge on any atom is -0.336 e. The maximum atomic E-state index is 12.8. The topological polar surface area (TPSA) is 66.3 Å². The molecule has 132 valence electrons. The van der Waals surface area contributed by atoms with Crippen LogP contribution in [0.3, 0.4) is 0 Å². The van der Waals surface area contributed by atoms with Gasteiger partial charge in [-0.1, -0.05) is 11.6 Å². The van der Waals surface area contributed by atoms with Gasteiger partial charge in [-0.15, -0.1) is 5.10 Å². The summed E-state index contributed by atoms with van der Waals surface area (Å²) in [6.45, 7) is 6.10. The molecule has 7 nitrogen and oxygen atoms in total. The van der Waals surface area contributed by atoms with Crippen molar-refractivity contribution in [2.24, 2.45) is 0 Å². The third-order valence-electron chi connectivity index (χ3n) is 5.77. The molecule has 7 heteroatoms. The Morgan fingerprint density at radius 3 is 2.62 bits per heavy atom. The Morgan fingerprint density at radius 2 is 1.83 bits per heavy atom. The Labute approximate surface area is 143 Å². The Bertz CT molecular complexity index is 561. The zero-order chi connectivity index (χ0) is 16.4. The van der Waals surface area contributed by atoms with E-state index in [-0.39, 0.29) is 5.91 Å². The molecule has 0 radical (unpaired) electrons. The molecule has 0 saturated carbocycles. The maximum absolute atomic E-state index is 12.8. The number of carbonyl (C=O) groups excluding carboxylic acids is 1. The second-order valence-corrected chi connectivity index (χ2v) is 7.36. The normalized spacial score (nSPS) is 26.8. The van der Waals surface area contributed by atoms with Gasteiger partial charge in [0, 0.05) is 19.1 Å². The fourth-order valence-corrected chi connectivity index (χ4v) is 4.29. The lowest BCUT2D eigenvalue weighted by Gasteiger charge is -2.32. The molecule has 3 aliphatic rings. The van der Waals surface area contributed by atoms with Crippen LogP contribution in [0.4, 0.5) is 0 Å². The predicted molar refractivity (Wildman–Crippen MR) is 90.9 cm³/mol. The quantitative estimate of drug-likeness (QED) is 0.891. The minimum atomic E-state index is 0.0506. The smallest absolute Gasteiger partial charge is 0.276 e. The van der Waals surface area contributed by atoms with Crippen molar-refractivity contribution >= 4 is 5.91 Å². The summed E-state index contributed by atoms with van der Waals surface area (Å²) in [6, 6.07) is 0.911. The number of likely N-dealkylation sites (tertiary alicyclic amines) is 2.